The maximum atomic E-state index is 12.5. The van der Waals surface area contributed by atoms with Crippen molar-refractivity contribution in [3.8, 4) is 0 Å². The average molecular weight is 318 g/mol. The maximum absolute atomic E-state index is 12.5. The molecule has 0 amide bonds. The third kappa shape index (κ3) is 4.77. The standard InChI is InChI=1S/C14H23O6P/c1-5-18-21(17,19-6-2)11(4)14(16)20-13-8-7-10(3)9-12(13)15/h9,11,13H,5-8H2,1-4H3. The summed E-state index contributed by atoms with van der Waals surface area (Å²) in [5.41, 5.74) is -0.0909. The van der Waals surface area contributed by atoms with Gasteiger partial charge in [-0.1, -0.05) is 5.57 Å². The van der Waals surface area contributed by atoms with Gasteiger partial charge in [0.2, 0.25) is 0 Å². The molecule has 0 aliphatic heterocycles. The van der Waals surface area contributed by atoms with Crippen molar-refractivity contribution in [1.82, 2.24) is 0 Å². The Morgan fingerprint density at radius 2 is 1.95 bits per heavy atom. The summed E-state index contributed by atoms with van der Waals surface area (Å²) >= 11 is 0. The van der Waals surface area contributed by atoms with E-state index >= 15 is 0 Å². The number of carbonyl (C=O) groups excluding carboxylic acids is 2. The van der Waals surface area contributed by atoms with Gasteiger partial charge in [0.1, 0.15) is 0 Å². The first kappa shape index (κ1) is 18.1. The molecule has 1 aliphatic rings. The fourth-order valence-corrected chi connectivity index (χ4v) is 3.58. The molecule has 6 nitrogen and oxygen atoms in total. The van der Waals surface area contributed by atoms with Gasteiger partial charge in [-0.25, -0.2) is 0 Å². The first-order valence-electron chi connectivity index (χ1n) is 7.14. The highest BCUT2D eigenvalue weighted by Crippen LogP contribution is 2.53. The molecule has 0 saturated carbocycles. The van der Waals surface area contributed by atoms with Gasteiger partial charge in [-0.2, -0.15) is 0 Å². The van der Waals surface area contributed by atoms with Gasteiger partial charge in [-0.15, -0.1) is 0 Å². The smallest absolute Gasteiger partial charge is 0.344 e. The Balaban J connectivity index is 2.74. The number of hydrogen-bond acceptors (Lipinski definition) is 6. The quantitative estimate of drug-likeness (QED) is 0.530. The predicted octanol–water partition coefficient (Wildman–Crippen LogP) is 2.86. The van der Waals surface area contributed by atoms with Crippen LogP contribution in [0, 0.1) is 0 Å². The Morgan fingerprint density at radius 1 is 1.38 bits per heavy atom. The molecule has 120 valence electrons. The topological polar surface area (TPSA) is 78.9 Å². The van der Waals surface area contributed by atoms with Crippen molar-refractivity contribution in [2.24, 2.45) is 0 Å². The molecule has 21 heavy (non-hydrogen) atoms. The normalized spacial score (nSPS) is 20.9. The van der Waals surface area contributed by atoms with Crippen LogP contribution in [0.15, 0.2) is 11.6 Å². The minimum absolute atomic E-state index is 0.166. The molecule has 0 bridgehead atoms. The number of esters is 1. The summed E-state index contributed by atoms with van der Waals surface area (Å²) in [6, 6.07) is 0. The van der Waals surface area contributed by atoms with E-state index in [9.17, 15) is 14.2 Å². The van der Waals surface area contributed by atoms with E-state index in [4.69, 9.17) is 13.8 Å². The molecular weight excluding hydrogens is 295 g/mol. The van der Waals surface area contributed by atoms with E-state index in [0.717, 1.165) is 5.57 Å². The van der Waals surface area contributed by atoms with E-state index in [1.807, 2.05) is 6.92 Å². The van der Waals surface area contributed by atoms with Gasteiger partial charge in [0.15, 0.2) is 17.5 Å². The minimum atomic E-state index is -3.57. The largest absolute Gasteiger partial charge is 0.453 e. The zero-order valence-electron chi connectivity index (χ0n) is 13.0. The molecule has 0 aromatic carbocycles. The summed E-state index contributed by atoms with van der Waals surface area (Å²) in [6.07, 6.45) is 1.83. The number of allylic oxidation sites excluding steroid dienone is 1. The predicted molar refractivity (Wildman–Crippen MR) is 78.2 cm³/mol. The van der Waals surface area contributed by atoms with Crippen LogP contribution in [0.3, 0.4) is 0 Å². The Kier molecular flexibility index (Phi) is 6.78. The molecule has 0 radical (unpaired) electrons. The van der Waals surface area contributed by atoms with Crippen LogP contribution in [0.5, 0.6) is 0 Å². The average Bonchev–Trinajstić information content (AvgIpc) is 2.41. The van der Waals surface area contributed by atoms with Gasteiger partial charge in [0.05, 0.1) is 13.2 Å². The Morgan fingerprint density at radius 3 is 2.43 bits per heavy atom. The number of ketones is 1. The van der Waals surface area contributed by atoms with Crippen molar-refractivity contribution in [3.05, 3.63) is 11.6 Å². The second kappa shape index (κ2) is 7.87. The summed E-state index contributed by atoms with van der Waals surface area (Å²) < 4.78 is 27.9. The van der Waals surface area contributed by atoms with Crippen LogP contribution in [-0.4, -0.2) is 36.7 Å². The van der Waals surface area contributed by atoms with Gasteiger partial charge in [-0.05, 0) is 46.6 Å². The van der Waals surface area contributed by atoms with Crippen LogP contribution in [-0.2, 0) is 27.9 Å². The molecule has 1 rings (SSSR count). The highest BCUT2D eigenvalue weighted by Gasteiger charge is 2.40. The van der Waals surface area contributed by atoms with Crippen molar-refractivity contribution < 1.29 is 27.9 Å². The van der Waals surface area contributed by atoms with E-state index in [0.29, 0.717) is 12.8 Å². The van der Waals surface area contributed by atoms with E-state index in [-0.39, 0.29) is 19.0 Å². The zero-order chi connectivity index (χ0) is 16.0. The van der Waals surface area contributed by atoms with Crippen molar-refractivity contribution in [2.75, 3.05) is 13.2 Å². The number of carbonyl (C=O) groups is 2. The number of rotatable bonds is 7. The molecule has 0 aromatic heterocycles. The fraction of sp³-hybridized carbons (Fsp3) is 0.714. The highest BCUT2D eigenvalue weighted by atomic mass is 31.2. The van der Waals surface area contributed by atoms with E-state index in [1.165, 1.54) is 13.0 Å². The molecule has 0 aromatic rings. The first-order valence-corrected chi connectivity index (χ1v) is 8.75. The molecular formula is C14H23O6P. The van der Waals surface area contributed by atoms with Crippen LogP contribution in [0.2, 0.25) is 0 Å². The van der Waals surface area contributed by atoms with Crippen LogP contribution >= 0.6 is 7.60 Å². The van der Waals surface area contributed by atoms with Gasteiger partial charge in [-0.3, -0.25) is 14.2 Å². The van der Waals surface area contributed by atoms with Crippen LogP contribution in [0.25, 0.3) is 0 Å². The van der Waals surface area contributed by atoms with E-state index in [2.05, 4.69) is 0 Å². The summed E-state index contributed by atoms with van der Waals surface area (Å²) in [7, 11) is -3.57. The van der Waals surface area contributed by atoms with Crippen molar-refractivity contribution in [1.29, 1.82) is 0 Å². The molecule has 0 fully saturated rings. The lowest BCUT2D eigenvalue weighted by Crippen LogP contribution is -2.33. The van der Waals surface area contributed by atoms with E-state index < -0.39 is 25.3 Å². The SMILES string of the molecule is CCOP(=O)(OCC)C(C)C(=O)OC1CCC(C)=CC1=O. The maximum Gasteiger partial charge on any atom is 0.344 e. The molecule has 2 atom stereocenters. The van der Waals surface area contributed by atoms with Gasteiger partial charge < -0.3 is 13.8 Å². The monoisotopic (exact) mass is 318 g/mol. The Labute approximate surface area is 125 Å². The van der Waals surface area contributed by atoms with Crippen molar-refractivity contribution in [3.63, 3.8) is 0 Å². The second-order valence-electron chi connectivity index (χ2n) is 4.91. The summed E-state index contributed by atoms with van der Waals surface area (Å²) in [6.45, 7) is 6.96. The molecule has 2 unspecified atom stereocenters. The number of hydrogen-bond donors (Lipinski definition) is 0. The molecule has 0 saturated heterocycles. The summed E-state index contributed by atoms with van der Waals surface area (Å²) in [5.74, 6) is -0.964. The molecule has 0 heterocycles. The van der Waals surface area contributed by atoms with Gasteiger partial charge >= 0.3 is 13.6 Å². The lowest BCUT2D eigenvalue weighted by atomic mass is 9.97. The first-order chi connectivity index (χ1) is 9.84. The van der Waals surface area contributed by atoms with Gasteiger partial charge in [0, 0.05) is 0 Å². The van der Waals surface area contributed by atoms with Crippen LogP contribution in [0.1, 0.15) is 40.5 Å². The third-order valence-corrected chi connectivity index (χ3v) is 5.59. The molecule has 0 spiro atoms. The summed E-state index contributed by atoms with van der Waals surface area (Å²) in [5, 5.41) is 0. The zero-order valence-corrected chi connectivity index (χ0v) is 13.9. The summed E-state index contributed by atoms with van der Waals surface area (Å²) in [4.78, 5) is 23.9. The molecule has 0 N–H and O–H groups in total. The molecule has 7 heteroatoms. The van der Waals surface area contributed by atoms with E-state index in [1.54, 1.807) is 13.8 Å². The van der Waals surface area contributed by atoms with Crippen LogP contribution < -0.4 is 0 Å². The van der Waals surface area contributed by atoms with Crippen LogP contribution in [0.4, 0.5) is 0 Å². The third-order valence-electron chi connectivity index (χ3n) is 3.20. The second-order valence-corrected chi connectivity index (χ2v) is 7.28. The van der Waals surface area contributed by atoms with Crippen molar-refractivity contribution in [2.45, 2.75) is 52.3 Å². The highest BCUT2D eigenvalue weighted by molar-refractivity contribution is 7.55. The molecule has 1 aliphatic carbocycles. The lowest BCUT2D eigenvalue weighted by molar-refractivity contribution is -0.154. The van der Waals surface area contributed by atoms with Gasteiger partial charge in [0.25, 0.3) is 0 Å². The lowest BCUT2D eigenvalue weighted by Gasteiger charge is -2.25. The minimum Gasteiger partial charge on any atom is -0.453 e. The Bertz CT molecular complexity index is 460. The fourth-order valence-electron chi connectivity index (χ4n) is 2.01. The number of ether oxygens (including phenoxy) is 1. The Hall–Kier alpha value is -0.970. The van der Waals surface area contributed by atoms with Crippen molar-refractivity contribution >= 4 is 19.3 Å².